The number of pyridine rings is 2. The van der Waals surface area contributed by atoms with Crippen molar-refractivity contribution in [2.45, 2.75) is 104 Å². The summed E-state index contributed by atoms with van der Waals surface area (Å²) in [6.07, 6.45) is 3.78. The Morgan fingerprint density at radius 2 is 1.58 bits per heavy atom. The number of oxime groups is 1. The highest BCUT2D eigenvalue weighted by atomic mass is 16.7. The van der Waals surface area contributed by atoms with E-state index in [2.05, 4.69) is 10.1 Å². The lowest BCUT2D eigenvalue weighted by molar-refractivity contribution is -0.393. The molecule has 372 valence electrons. The summed E-state index contributed by atoms with van der Waals surface area (Å²) in [5.74, 6) is -1.74. The molecule has 3 aromatic carbocycles. The molecule has 1 aliphatic carbocycles. The molecule has 10 rings (SSSR count). The maximum atomic E-state index is 14.5. The van der Waals surface area contributed by atoms with Gasteiger partial charge in [0.2, 0.25) is 11.7 Å². The van der Waals surface area contributed by atoms with Gasteiger partial charge in [0.25, 0.3) is 22.6 Å². The molecule has 0 bridgehead atoms. The summed E-state index contributed by atoms with van der Waals surface area (Å²) < 4.78 is 19.0. The van der Waals surface area contributed by atoms with Crippen molar-refractivity contribution >= 4 is 51.7 Å². The highest BCUT2D eigenvalue weighted by molar-refractivity contribution is 6.26. The molecule has 72 heavy (non-hydrogen) atoms. The van der Waals surface area contributed by atoms with E-state index in [0.717, 1.165) is 60.6 Å². The number of nitro groups is 3. The summed E-state index contributed by atoms with van der Waals surface area (Å²) in [6, 6.07) is 11.4. The van der Waals surface area contributed by atoms with E-state index in [4.69, 9.17) is 24.0 Å². The Hall–Kier alpha value is -8.14. The van der Waals surface area contributed by atoms with Gasteiger partial charge in [-0.05, 0) is 101 Å². The first-order valence-electron chi connectivity index (χ1n) is 23.9. The summed E-state index contributed by atoms with van der Waals surface area (Å²) in [5.41, 5.74) is -1.30. The Morgan fingerprint density at radius 1 is 0.889 bits per heavy atom. The number of cyclic esters (lactones) is 1. The number of carbonyl (C=O) groups excluding carboxylic acids is 3. The standard InChI is InChI=1S/C50H48N8O14/c1-5-32-33-22-31(70-49(62)54-16-12-28(13-17-54)53-14-8-7-9-15-53)10-11-39(33)51-45-36(32)24-55-41(45)23-38-37(46(55)59)25-69-48(61)50(38,6-2)71-47(60)27(4)72-52-44-34-19-29(56(63)64)18-26(3)42(34)43-35(44)20-30(57(65)66)21-40(43)58(67)68/h10-11,18-23,27-28H,5-9,12-17,24-25H2,1-4H3/b52-44-/t27-,50-/m0/s1. The van der Waals surface area contributed by atoms with Crippen LogP contribution >= 0.6 is 0 Å². The van der Waals surface area contributed by atoms with E-state index in [1.807, 2.05) is 6.92 Å². The Bertz CT molecular complexity index is 3300. The number of aryl methyl sites for hydroxylation is 2. The minimum absolute atomic E-state index is 0.0179. The largest absolute Gasteiger partial charge is 0.457 e. The minimum atomic E-state index is -2.16. The van der Waals surface area contributed by atoms with E-state index in [1.54, 1.807) is 36.1 Å². The SMILES string of the molecule is CCc1c2c(nc3ccc(OC(=O)N4CCC(N5CCCCC5)CC4)cc13)-c1cc3c(c(=O)n1C2)COC(=O)[C@@]3(CC)OC(=O)[C@H](C)O/N=C1/c2cc([N+](=O)[O-])cc(C)c2-c2c1cc([N+](=O)[O-])cc2[N+](=O)[O-]. The number of aromatic nitrogens is 2. The maximum Gasteiger partial charge on any atom is 0.415 e. The average Bonchev–Trinajstić information content (AvgIpc) is 3.91. The molecule has 0 saturated carbocycles. The van der Waals surface area contributed by atoms with E-state index < -0.39 is 73.7 Å². The van der Waals surface area contributed by atoms with Crippen LogP contribution in [0.1, 0.15) is 98.2 Å². The smallest absolute Gasteiger partial charge is 0.415 e. The molecule has 22 heteroatoms. The molecule has 2 aromatic heterocycles. The van der Waals surface area contributed by atoms with Crippen LogP contribution in [0.15, 0.2) is 58.5 Å². The van der Waals surface area contributed by atoms with Crippen molar-refractivity contribution in [1.29, 1.82) is 0 Å². The first kappa shape index (κ1) is 47.5. The fourth-order valence-electron chi connectivity index (χ4n) is 11.0. The third-order valence-corrected chi connectivity index (χ3v) is 14.6. The average molecular weight is 985 g/mol. The van der Waals surface area contributed by atoms with Gasteiger partial charge in [0.05, 0.1) is 55.4 Å². The van der Waals surface area contributed by atoms with Crippen LogP contribution in [0.25, 0.3) is 33.4 Å². The molecule has 4 aliphatic heterocycles. The zero-order valence-corrected chi connectivity index (χ0v) is 39.8. The molecule has 2 saturated heterocycles. The topological polar surface area (TPSA) is 271 Å². The first-order chi connectivity index (χ1) is 34.5. The molecule has 0 unspecified atom stereocenters. The third kappa shape index (κ3) is 7.85. The number of nitrogens with zero attached hydrogens (tertiary/aromatic N) is 8. The number of ether oxygens (including phenoxy) is 3. The Balaban J connectivity index is 0.937. The highest BCUT2D eigenvalue weighted by Crippen LogP contribution is 2.48. The fourth-order valence-corrected chi connectivity index (χ4v) is 11.0. The number of carbonyl (C=O) groups is 3. The highest BCUT2D eigenvalue weighted by Gasteiger charge is 2.51. The van der Waals surface area contributed by atoms with Crippen LogP contribution in [-0.4, -0.2) is 96.2 Å². The number of non-ortho nitro benzene ring substituents is 2. The van der Waals surface area contributed by atoms with Crippen molar-refractivity contribution in [3.8, 4) is 28.3 Å². The van der Waals surface area contributed by atoms with Crippen LogP contribution in [0.2, 0.25) is 0 Å². The molecular weight excluding hydrogens is 937 g/mol. The number of hydrogen-bond acceptors (Lipinski definition) is 17. The van der Waals surface area contributed by atoms with Gasteiger partial charge in [0.15, 0.2) is 0 Å². The van der Waals surface area contributed by atoms with Crippen molar-refractivity contribution in [1.82, 2.24) is 19.4 Å². The van der Waals surface area contributed by atoms with Gasteiger partial charge >= 0.3 is 18.0 Å². The van der Waals surface area contributed by atoms with E-state index in [9.17, 15) is 49.5 Å². The van der Waals surface area contributed by atoms with Gasteiger partial charge in [-0.25, -0.2) is 19.4 Å². The van der Waals surface area contributed by atoms with E-state index in [1.165, 1.54) is 43.7 Å². The number of amides is 1. The summed E-state index contributed by atoms with van der Waals surface area (Å²) in [5, 5.41) is 40.9. The number of nitro benzene ring substituents is 3. The second-order valence-electron chi connectivity index (χ2n) is 18.7. The van der Waals surface area contributed by atoms with Crippen LogP contribution in [0.3, 0.4) is 0 Å². The fraction of sp³-hybridized carbons (Fsp3) is 0.400. The van der Waals surface area contributed by atoms with E-state index >= 15 is 0 Å². The van der Waals surface area contributed by atoms with Crippen molar-refractivity contribution < 1.29 is 48.2 Å². The van der Waals surface area contributed by atoms with Crippen molar-refractivity contribution in [3.05, 3.63) is 128 Å². The van der Waals surface area contributed by atoms with Gasteiger partial charge in [-0.1, -0.05) is 25.4 Å². The predicted octanol–water partition coefficient (Wildman–Crippen LogP) is 7.51. The van der Waals surface area contributed by atoms with Crippen LogP contribution in [0.5, 0.6) is 5.75 Å². The zero-order valence-electron chi connectivity index (χ0n) is 39.8. The predicted molar refractivity (Wildman–Crippen MR) is 257 cm³/mol. The molecule has 0 radical (unpaired) electrons. The van der Waals surface area contributed by atoms with Gasteiger partial charge < -0.3 is 33.4 Å². The summed E-state index contributed by atoms with van der Waals surface area (Å²) in [6.45, 7) is 9.42. The molecule has 5 aliphatic rings. The number of rotatable bonds is 11. The lowest BCUT2D eigenvalue weighted by Gasteiger charge is -2.39. The van der Waals surface area contributed by atoms with Crippen LogP contribution in [0.4, 0.5) is 21.9 Å². The molecule has 0 N–H and O–H groups in total. The lowest BCUT2D eigenvalue weighted by atomic mass is 9.85. The third-order valence-electron chi connectivity index (χ3n) is 14.6. The van der Waals surface area contributed by atoms with Gasteiger partial charge in [-0.2, -0.15) is 0 Å². The number of fused-ring (bicyclic) bond motifs is 8. The normalized spacial score (nSPS) is 19.1. The first-order valence-corrected chi connectivity index (χ1v) is 23.9. The monoisotopic (exact) mass is 984 g/mol. The Kier molecular flexibility index (Phi) is 12.0. The Labute approximate surface area is 409 Å². The number of likely N-dealkylation sites (tertiary alicyclic amines) is 2. The van der Waals surface area contributed by atoms with Gasteiger partial charge in [-0.15, -0.1) is 0 Å². The summed E-state index contributed by atoms with van der Waals surface area (Å²) >= 11 is 0. The van der Waals surface area contributed by atoms with Crippen LogP contribution < -0.4 is 10.3 Å². The number of benzene rings is 3. The Morgan fingerprint density at radius 3 is 2.25 bits per heavy atom. The van der Waals surface area contributed by atoms with Crippen molar-refractivity contribution in [2.24, 2.45) is 5.16 Å². The number of piperidine rings is 2. The lowest BCUT2D eigenvalue weighted by Crippen LogP contribution is -2.48. The molecule has 6 heterocycles. The maximum absolute atomic E-state index is 14.5. The van der Waals surface area contributed by atoms with Gasteiger partial charge in [0, 0.05) is 70.5 Å². The number of hydrogen-bond donors (Lipinski definition) is 0. The molecule has 0 spiro atoms. The molecule has 5 aromatic rings. The second kappa shape index (κ2) is 18.2. The number of esters is 2. The van der Waals surface area contributed by atoms with Crippen molar-refractivity contribution in [3.63, 3.8) is 0 Å². The second-order valence-corrected chi connectivity index (χ2v) is 18.7. The molecule has 2 fully saturated rings. The van der Waals surface area contributed by atoms with Gasteiger partial charge in [-0.3, -0.25) is 35.1 Å². The molecule has 22 nitrogen and oxygen atoms in total. The van der Waals surface area contributed by atoms with E-state index in [-0.39, 0.29) is 57.6 Å². The molecule has 2 atom stereocenters. The summed E-state index contributed by atoms with van der Waals surface area (Å²) in [4.78, 5) is 105. The quantitative estimate of drug-likeness (QED) is 0.0689. The van der Waals surface area contributed by atoms with Crippen LogP contribution in [0, 0.1) is 37.3 Å². The minimum Gasteiger partial charge on any atom is -0.457 e. The molecule has 1 amide bonds. The van der Waals surface area contributed by atoms with Crippen LogP contribution in [-0.2, 0) is 49.1 Å². The van der Waals surface area contributed by atoms with Gasteiger partial charge in [0.1, 0.15) is 18.1 Å². The molecular formula is C50H48N8O14. The summed E-state index contributed by atoms with van der Waals surface area (Å²) in [7, 11) is 0. The van der Waals surface area contributed by atoms with E-state index in [0.29, 0.717) is 48.2 Å². The zero-order chi connectivity index (χ0) is 50.9. The van der Waals surface area contributed by atoms with Crippen molar-refractivity contribution in [2.75, 3.05) is 26.2 Å².